The van der Waals surface area contributed by atoms with Crippen LogP contribution in [0.1, 0.15) is 29.4 Å². The largest absolute Gasteiger partial charge is 0.496 e. The van der Waals surface area contributed by atoms with Crippen LogP contribution in [-0.2, 0) is 29.5 Å². The van der Waals surface area contributed by atoms with Gasteiger partial charge in [-0.2, -0.15) is 18.0 Å². The van der Waals surface area contributed by atoms with E-state index in [1.165, 1.54) is 30.1 Å². The van der Waals surface area contributed by atoms with Crippen LogP contribution in [0.4, 0.5) is 17.6 Å². The average Bonchev–Trinajstić information content (AvgIpc) is 3.55. The number of hydrogen-bond donors (Lipinski definition) is 1. The minimum atomic E-state index is -4.78. The van der Waals surface area contributed by atoms with Crippen LogP contribution in [0.15, 0.2) is 36.5 Å². The predicted molar refractivity (Wildman–Crippen MR) is 140 cm³/mol. The Kier molecular flexibility index (Phi) is 7.20. The Hall–Kier alpha value is -4.82. The molecule has 1 N–H and O–H groups in total. The molecule has 0 saturated carbocycles. The number of carbonyl (C=O) groups excluding carboxylic acids is 2. The van der Waals surface area contributed by atoms with Crippen molar-refractivity contribution in [3.8, 4) is 39.7 Å². The van der Waals surface area contributed by atoms with Crippen molar-refractivity contribution in [1.82, 2.24) is 35.1 Å². The van der Waals surface area contributed by atoms with Crippen molar-refractivity contribution in [2.45, 2.75) is 38.0 Å². The molecule has 4 aromatic rings. The summed E-state index contributed by atoms with van der Waals surface area (Å²) < 4.78 is 65.8. The Morgan fingerprint density at radius 3 is 2.45 bits per heavy atom. The van der Waals surface area contributed by atoms with E-state index >= 15 is 0 Å². The molecule has 3 aromatic heterocycles. The molecule has 4 heterocycles. The molecule has 1 aliphatic heterocycles. The molecule has 1 aliphatic rings. The van der Waals surface area contributed by atoms with E-state index in [0.717, 1.165) is 25.8 Å². The van der Waals surface area contributed by atoms with Crippen LogP contribution < -0.4 is 10.1 Å². The molecule has 1 amide bonds. The Bertz CT molecular complexity index is 1680. The number of hydrogen-bond acceptors (Lipinski definition) is 8. The number of halogens is 4. The maximum atomic E-state index is 13.8. The van der Waals surface area contributed by atoms with E-state index in [9.17, 15) is 27.2 Å². The highest BCUT2D eigenvalue weighted by Crippen LogP contribution is 2.43. The molecule has 1 atom stereocenters. The second kappa shape index (κ2) is 10.5. The number of nitrogens with zero attached hydrogens (tertiary/aromatic N) is 6. The van der Waals surface area contributed by atoms with Crippen molar-refractivity contribution in [2.24, 2.45) is 7.05 Å². The zero-order valence-electron chi connectivity index (χ0n) is 22.9. The molecule has 0 aliphatic carbocycles. The monoisotopic (exact) mass is 587 g/mol. The minimum absolute atomic E-state index is 0.0240. The molecular formula is C27H25F4N7O4. The summed E-state index contributed by atoms with van der Waals surface area (Å²) >= 11 is 0. The van der Waals surface area contributed by atoms with Gasteiger partial charge in [0.25, 0.3) is 5.91 Å². The van der Waals surface area contributed by atoms with Crippen molar-refractivity contribution in [3.63, 3.8) is 0 Å². The number of aryl methyl sites for hydroxylation is 2. The fourth-order valence-corrected chi connectivity index (χ4v) is 5.12. The van der Waals surface area contributed by atoms with Crippen molar-refractivity contribution >= 4 is 11.9 Å². The lowest BCUT2D eigenvalue weighted by Crippen LogP contribution is -2.55. The molecule has 42 heavy (non-hydrogen) atoms. The maximum absolute atomic E-state index is 13.8. The van der Waals surface area contributed by atoms with E-state index < -0.39 is 35.8 Å². The molecule has 1 aromatic carbocycles. The van der Waals surface area contributed by atoms with E-state index in [1.54, 1.807) is 17.7 Å². The van der Waals surface area contributed by atoms with Gasteiger partial charge in [0.05, 0.1) is 50.8 Å². The molecule has 0 saturated heterocycles. The Morgan fingerprint density at radius 1 is 1.10 bits per heavy atom. The number of nitrogens with one attached hydrogen (secondary N) is 1. The molecule has 0 unspecified atom stereocenters. The van der Waals surface area contributed by atoms with Gasteiger partial charge in [-0.25, -0.2) is 9.18 Å². The summed E-state index contributed by atoms with van der Waals surface area (Å²) in [6.07, 6.45) is -4.98. The van der Waals surface area contributed by atoms with E-state index in [0.29, 0.717) is 40.2 Å². The number of esters is 1. The quantitative estimate of drug-likeness (QED) is 0.256. The number of carbonyl (C=O) groups is 2. The number of alkyl halides is 3. The van der Waals surface area contributed by atoms with Crippen molar-refractivity contribution in [3.05, 3.63) is 53.6 Å². The van der Waals surface area contributed by atoms with Gasteiger partial charge in [0.15, 0.2) is 0 Å². The third-order valence-electron chi connectivity index (χ3n) is 6.95. The number of ether oxygens (including phenoxy) is 2. The van der Waals surface area contributed by atoms with Gasteiger partial charge in [0.1, 0.15) is 22.8 Å². The first-order valence-electron chi connectivity index (χ1n) is 12.6. The maximum Gasteiger partial charge on any atom is 0.391 e. The Balaban J connectivity index is 1.69. The number of pyridine rings is 1. The lowest BCUT2D eigenvalue weighted by atomic mass is 9.92. The standard InChI is InChI=1S/C27H25F4N7O4/c1-26(25(40)42-4,13-27(29,30)31)33-24(39)20-11-17(19-6-5-15(28)12-32-19)22-16-10-18(23-34-36-37(2)35-23)21(41-3)9-14(16)7-8-38(20)22/h5-6,9-12H,7-8,13H2,1-4H3,(H,33,39)/t26-/m0/s1. The summed E-state index contributed by atoms with van der Waals surface area (Å²) in [5.74, 6) is -2.00. The summed E-state index contributed by atoms with van der Waals surface area (Å²) in [7, 11) is 4.05. The first kappa shape index (κ1) is 28.7. The molecule has 15 heteroatoms. The second-order valence-corrected chi connectivity index (χ2v) is 9.94. The summed E-state index contributed by atoms with van der Waals surface area (Å²) in [5, 5.41) is 14.5. The molecule has 5 rings (SSSR count). The zero-order valence-corrected chi connectivity index (χ0v) is 22.9. The highest BCUT2D eigenvalue weighted by Gasteiger charge is 2.47. The molecule has 220 valence electrons. The summed E-state index contributed by atoms with van der Waals surface area (Å²) in [4.78, 5) is 31.5. The SMILES string of the molecule is COC(=O)[C@](C)(CC(F)(F)F)NC(=O)c1cc(-c2ccc(F)cn2)c2n1CCc1cc(OC)c(-c3nnn(C)n3)cc1-2. The number of fused-ring (bicyclic) bond motifs is 3. The molecule has 0 radical (unpaired) electrons. The lowest BCUT2D eigenvalue weighted by Gasteiger charge is -2.29. The summed E-state index contributed by atoms with van der Waals surface area (Å²) in [5.41, 5.74) is 0.813. The van der Waals surface area contributed by atoms with Crippen LogP contribution >= 0.6 is 0 Å². The van der Waals surface area contributed by atoms with Crippen molar-refractivity contribution in [2.75, 3.05) is 14.2 Å². The number of rotatable bonds is 7. The number of benzene rings is 1. The fraction of sp³-hybridized carbons (Fsp3) is 0.333. The van der Waals surface area contributed by atoms with E-state index in [-0.39, 0.29) is 18.1 Å². The second-order valence-electron chi connectivity index (χ2n) is 9.94. The van der Waals surface area contributed by atoms with Gasteiger partial charge < -0.3 is 19.4 Å². The van der Waals surface area contributed by atoms with Crippen LogP contribution in [0.2, 0.25) is 0 Å². The molecule has 0 bridgehead atoms. The first-order chi connectivity index (χ1) is 19.8. The highest BCUT2D eigenvalue weighted by atomic mass is 19.4. The van der Waals surface area contributed by atoms with Crippen LogP contribution in [0.25, 0.3) is 33.9 Å². The van der Waals surface area contributed by atoms with E-state index in [4.69, 9.17) is 4.74 Å². The van der Waals surface area contributed by atoms with Crippen LogP contribution in [0.5, 0.6) is 5.75 Å². The van der Waals surface area contributed by atoms with Crippen molar-refractivity contribution in [1.29, 1.82) is 0 Å². The normalized spacial score (nSPS) is 14.0. The molecule has 0 fully saturated rings. The number of tetrazole rings is 1. The number of amides is 1. The van der Waals surface area contributed by atoms with E-state index in [1.807, 2.05) is 6.07 Å². The van der Waals surface area contributed by atoms with Gasteiger partial charge in [-0.15, -0.1) is 10.2 Å². The van der Waals surface area contributed by atoms with Gasteiger partial charge in [0, 0.05) is 17.7 Å². The van der Waals surface area contributed by atoms with Gasteiger partial charge in [-0.05, 0) is 54.5 Å². The Labute approximate surface area is 236 Å². The van der Waals surface area contributed by atoms with Crippen LogP contribution in [0, 0.1) is 5.82 Å². The first-order valence-corrected chi connectivity index (χ1v) is 12.6. The number of methoxy groups -OCH3 is 2. The van der Waals surface area contributed by atoms with Crippen LogP contribution in [0.3, 0.4) is 0 Å². The van der Waals surface area contributed by atoms with Crippen LogP contribution in [-0.4, -0.2) is 67.6 Å². The smallest absolute Gasteiger partial charge is 0.391 e. The molecular weight excluding hydrogens is 562 g/mol. The molecule has 11 nitrogen and oxygen atoms in total. The van der Waals surface area contributed by atoms with Gasteiger partial charge >= 0.3 is 12.1 Å². The average molecular weight is 588 g/mol. The lowest BCUT2D eigenvalue weighted by molar-refractivity contribution is -0.169. The predicted octanol–water partition coefficient (Wildman–Crippen LogP) is 3.73. The highest BCUT2D eigenvalue weighted by molar-refractivity contribution is 6.01. The third kappa shape index (κ3) is 5.29. The van der Waals surface area contributed by atoms with Gasteiger partial charge in [-0.1, -0.05) is 0 Å². The van der Waals surface area contributed by atoms with Gasteiger partial charge in [-0.3, -0.25) is 9.78 Å². The van der Waals surface area contributed by atoms with Gasteiger partial charge in [0.2, 0.25) is 5.82 Å². The summed E-state index contributed by atoms with van der Waals surface area (Å²) in [6.45, 7) is 1.21. The number of aromatic nitrogens is 6. The third-order valence-corrected chi connectivity index (χ3v) is 6.95. The minimum Gasteiger partial charge on any atom is -0.496 e. The van der Waals surface area contributed by atoms with Crippen molar-refractivity contribution < 1.29 is 36.6 Å². The zero-order chi connectivity index (χ0) is 30.4. The fourth-order valence-electron chi connectivity index (χ4n) is 5.12. The topological polar surface area (TPSA) is 126 Å². The molecule has 0 spiro atoms. The summed E-state index contributed by atoms with van der Waals surface area (Å²) in [6, 6.07) is 7.68. The van der Waals surface area contributed by atoms with E-state index in [2.05, 4.69) is 30.4 Å². The Morgan fingerprint density at radius 2 is 1.86 bits per heavy atom.